The van der Waals surface area contributed by atoms with Gasteiger partial charge in [0.15, 0.2) is 24.6 Å². The van der Waals surface area contributed by atoms with Crippen molar-refractivity contribution >= 4 is 23.9 Å². The van der Waals surface area contributed by atoms with Crippen molar-refractivity contribution < 1.29 is 58.2 Å². The highest BCUT2D eigenvalue weighted by Crippen LogP contribution is 2.26. The highest BCUT2D eigenvalue weighted by molar-refractivity contribution is 5.74. The Kier molecular flexibility index (Phi) is 51.3. The molecule has 0 bridgehead atoms. The summed E-state index contributed by atoms with van der Waals surface area (Å²) in [5.74, 6) is -3.25. The molecule has 0 aliphatic carbocycles. The van der Waals surface area contributed by atoms with E-state index in [1.54, 1.807) is 0 Å². The summed E-state index contributed by atoms with van der Waals surface area (Å²) in [5.41, 5.74) is 0. The van der Waals surface area contributed by atoms with Crippen molar-refractivity contribution in [3.05, 3.63) is 109 Å². The van der Waals surface area contributed by atoms with E-state index in [0.717, 1.165) is 116 Å². The number of rotatable bonds is 53. The van der Waals surface area contributed by atoms with Gasteiger partial charge in [0.05, 0.1) is 6.61 Å². The molecule has 460 valence electrons. The molecule has 0 amide bonds. The quantitative estimate of drug-likeness (QED) is 0.0228. The Morgan fingerprint density at radius 2 is 0.802 bits per heavy atom. The van der Waals surface area contributed by atoms with Crippen molar-refractivity contribution in [1.29, 1.82) is 0 Å². The molecule has 1 aliphatic rings. The lowest BCUT2D eigenvalue weighted by atomic mass is 9.98. The van der Waals surface area contributed by atoms with Gasteiger partial charge >= 0.3 is 23.9 Å². The largest absolute Gasteiger partial charge is 0.479 e. The fraction of sp³-hybridized carbons (Fsp3) is 0.681. The number of hydrogen-bond donors (Lipinski definition) is 3. The van der Waals surface area contributed by atoms with Gasteiger partial charge in [0.2, 0.25) is 0 Å². The number of carboxylic acid groups (broad SMARTS) is 1. The van der Waals surface area contributed by atoms with Gasteiger partial charge in [-0.2, -0.15) is 0 Å². The summed E-state index contributed by atoms with van der Waals surface area (Å²) >= 11 is 0. The maximum atomic E-state index is 13.2. The Bertz CT molecular complexity index is 1820. The van der Waals surface area contributed by atoms with Crippen LogP contribution in [0.4, 0.5) is 0 Å². The number of aliphatic hydroxyl groups is 2. The van der Waals surface area contributed by atoms with Gasteiger partial charge in [0.1, 0.15) is 18.8 Å². The number of hydrogen-bond acceptors (Lipinski definition) is 11. The molecule has 0 spiro atoms. The van der Waals surface area contributed by atoms with Crippen LogP contribution in [-0.2, 0) is 42.9 Å². The van der Waals surface area contributed by atoms with E-state index in [4.69, 9.17) is 23.7 Å². The van der Waals surface area contributed by atoms with Crippen LogP contribution in [0.1, 0.15) is 252 Å². The SMILES string of the molecule is CC/C=C\C/C=C\C/C=C\C/C=C\C/C=C\C/C=C\CCC(=O)OCC(COC1OC(C(=O)O)C(O)C(O)C1OC(=O)CCCCCCCCCCC/C=C\C/C=C\CCCCC)OC(=O)CCCCCCC/C=C\CCCCCC. The van der Waals surface area contributed by atoms with E-state index >= 15 is 0 Å². The second-order valence-electron chi connectivity index (χ2n) is 21.3. The molecule has 1 rings (SSSR count). The Labute approximate surface area is 491 Å². The number of unbranched alkanes of at least 4 members (excludes halogenated alkanes) is 21. The lowest BCUT2D eigenvalue weighted by molar-refractivity contribution is -0.301. The third-order valence-corrected chi connectivity index (χ3v) is 13.8. The molecule has 0 saturated carbocycles. The third kappa shape index (κ3) is 45.6. The van der Waals surface area contributed by atoms with Crippen LogP contribution in [0, 0.1) is 0 Å². The third-order valence-electron chi connectivity index (χ3n) is 13.8. The number of aliphatic carboxylic acids is 1. The van der Waals surface area contributed by atoms with Crippen molar-refractivity contribution in [3.8, 4) is 0 Å². The molecule has 0 aromatic carbocycles. The van der Waals surface area contributed by atoms with Crippen LogP contribution in [0.2, 0.25) is 0 Å². The molecule has 81 heavy (non-hydrogen) atoms. The molecular weight excluding hydrogens is 1020 g/mol. The highest BCUT2D eigenvalue weighted by Gasteiger charge is 2.50. The Morgan fingerprint density at radius 3 is 1.27 bits per heavy atom. The van der Waals surface area contributed by atoms with Gasteiger partial charge in [0, 0.05) is 19.3 Å². The summed E-state index contributed by atoms with van der Waals surface area (Å²) in [4.78, 5) is 51.2. The van der Waals surface area contributed by atoms with Crippen LogP contribution in [0.25, 0.3) is 0 Å². The van der Waals surface area contributed by atoms with E-state index in [-0.39, 0.29) is 25.9 Å². The lowest BCUT2D eigenvalue weighted by Crippen LogP contribution is -2.61. The molecular formula is C69H112O12. The maximum absolute atomic E-state index is 13.2. The summed E-state index contributed by atoms with van der Waals surface area (Å²) in [6, 6.07) is 0. The standard InChI is InChI=1S/C69H112O12/c1-4-7-10-13-16-19-22-25-27-29-31-33-35-38-40-43-46-49-52-55-61(70)77-58-60(79-62(71)56-53-50-47-44-41-37-24-21-18-15-12-9-6-3)59-78-69-67(65(74)64(73)66(81-69)68(75)76)80-63(72)57-54-51-48-45-42-39-36-34-32-30-28-26-23-20-17-14-11-8-5-2/h7,10,16-17,19-21,24-28,31,33,38,40,46,49,60,64-67,69,73-74H,4-6,8-9,11-15,18,22-23,29-30,32,34-37,39,41-45,47-48,50-59H2,1-3H3,(H,75,76)/b10-7-,19-16-,20-17-,24-21-,27-25-,28-26-,33-31-,40-38-,49-46-. The van der Waals surface area contributed by atoms with E-state index in [0.29, 0.717) is 19.3 Å². The molecule has 1 aliphatic heterocycles. The average Bonchev–Trinajstić information content (AvgIpc) is 3.45. The van der Waals surface area contributed by atoms with Gasteiger partial charge in [-0.15, -0.1) is 0 Å². The molecule has 1 saturated heterocycles. The highest BCUT2D eigenvalue weighted by atomic mass is 16.7. The normalized spacial score (nSPS) is 18.5. The summed E-state index contributed by atoms with van der Waals surface area (Å²) in [5, 5.41) is 31.6. The molecule has 1 heterocycles. The van der Waals surface area contributed by atoms with Crippen molar-refractivity contribution in [2.75, 3.05) is 13.2 Å². The fourth-order valence-corrected chi connectivity index (χ4v) is 8.95. The van der Waals surface area contributed by atoms with Gasteiger partial charge in [-0.3, -0.25) is 14.4 Å². The van der Waals surface area contributed by atoms with Gasteiger partial charge in [-0.25, -0.2) is 4.79 Å². The molecule has 0 radical (unpaired) electrons. The molecule has 0 aromatic rings. The van der Waals surface area contributed by atoms with Crippen molar-refractivity contribution in [1.82, 2.24) is 0 Å². The van der Waals surface area contributed by atoms with Crippen LogP contribution in [0.3, 0.4) is 0 Å². The van der Waals surface area contributed by atoms with Crippen LogP contribution < -0.4 is 0 Å². The predicted octanol–water partition coefficient (Wildman–Crippen LogP) is 17.0. The lowest BCUT2D eigenvalue weighted by Gasteiger charge is -2.40. The monoisotopic (exact) mass is 1130 g/mol. The zero-order valence-electron chi connectivity index (χ0n) is 50.7. The topological polar surface area (TPSA) is 175 Å². The van der Waals surface area contributed by atoms with Crippen LogP contribution >= 0.6 is 0 Å². The number of carboxylic acids is 1. The minimum Gasteiger partial charge on any atom is -0.479 e. The van der Waals surface area contributed by atoms with Gasteiger partial charge in [-0.05, 0) is 116 Å². The average molecular weight is 1130 g/mol. The van der Waals surface area contributed by atoms with Gasteiger partial charge < -0.3 is 39.0 Å². The number of carbonyl (C=O) groups excluding carboxylic acids is 3. The molecule has 12 heteroatoms. The first kappa shape index (κ1) is 74.4. The second-order valence-corrected chi connectivity index (χ2v) is 21.3. The van der Waals surface area contributed by atoms with Crippen molar-refractivity contribution in [3.63, 3.8) is 0 Å². The van der Waals surface area contributed by atoms with Crippen LogP contribution in [0.5, 0.6) is 0 Å². The summed E-state index contributed by atoms with van der Waals surface area (Å²) < 4.78 is 28.4. The number of allylic oxidation sites excluding steroid dienone is 18. The van der Waals surface area contributed by atoms with Crippen LogP contribution in [-0.4, -0.2) is 89.2 Å². The van der Waals surface area contributed by atoms with Gasteiger partial charge in [-0.1, -0.05) is 226 Å². The molecule has 1 fully saturated rings. The van der Waals surface area contributed by atoms with Crippen LogP contribution in [0.15, 0.2) is 109 Å². The maximum Gasteiger partial charge on any atom is 0.335 e. The molecule has 6 atom stereocenters. The Balaban J connectivity index is 2.70. The Morgan fingerprint density at radius 1 is 0.420 bits per heavy atom. The van der Waals surface area contributed by atoms with E-state index in [9.17, 15) is 34.5 Å². The number of carbonyl (C=O) groups is 4. The van der Waals surface area contributed by atoms with Crippen molar-refractivity contribution in [2.24, 2.45) is 0 Å². The second kappa shape index (κ2) is 55.9. The summed E-state index contributed by atoms with van der Waals surface area (Å²) in [7, 11) is 0. The van der Waals surface area contributed by atoms with E-state index in [1.165, 1.54) is 77.0 Å². The fourth-order valence-electron chi connectivity index (χ4n) is 8.95. The first-order chi connectivity index (χ1) is 39.6. The van der Waals surface area contributed by atoms with Crippen molar-refractivity contribution in [2.45, 2.75) is 289 Å². The Hall–Kier alpha value is -4.62. The number of aliphatic hydroxyl groups excluding tert-OH is 2. The first-order valence-electron chi connectivity index (χ1n) is 31.9. The van der Waals surface area contributed by atoms with Gasteiger partial charge in [0.25, 0.3) is 0 Å². The molecule has 3 N–H and O–H groups in total. The summed E-state index contributed by atoms with van der Waals surface area (Å²) in [6.07, 6.45) is 63.4. The number of esters is 3. The zero-order valence-corrected chi connectivity index (χ0v) is 50.7. The minimum atomic E-state index is -1.92. The van der Waals surface area contributed by atoms with E-state index in [2.05, 4.69) is 118 Å². The van der Waals surface area contributed by atoms with E-state index < -0.39 is 67.3 Å². The molecule has 0 aromatic heterocycles. The molecule has 12 nitrogen and oxygen atoms in total. The minimum absolute atomic E-state index is 0.0432. The van der Waals surface area contributed by atoms with E-state index in [1.807, 2.05) is 12.2 Å². The zero-order chi connectivity index (χ0) is 58.9. The smallest absolute Gasteiger partial charge is 0.335 e. The molecule has 6 unspecified atom stereocenters. The summed E-state index contributed by atoms with van der Waals surface area (Å²) in [6.45, 7) is 5.77. The first-order valence-corrected chi connectivity index (χ1v) is 31.9. The number of ether oxygens (including phenoxy) is 5. The predicted molar refractivity (Wildman–Crippen MR) is 330 cm³/mol.